The van der Waals surface area contributed by atoms with E-state index in [0.29, 0.717) is 5.65 Å². The second-order valence-electron chi connectivity index (χ2n) is 6.82. The highest BCUT2D eigenvalue weighted by atomic mass is 15.2. The van der Waals surface area contributed by atoms with Gasteiger partial charge in [0.05, 0.1) is 23.3 Å². The summed E-state index contributed by atoms with van der Waals surface area (Å²) in [6.07, 6.45) is 12.1. The summed E-state index contributed by atoms with van der Waals surface area (Å²) in [7, 11) is 0. The van der Waals surface area contributed by atoms with Gasteiger partial charge in [0, 0.05) is 64.6 Å². The molecule has 0 aliphatic heterocycles. The molecule has 0 amide bonds. The van der Waals surface area contributed by atoms with Gasteiger partial charge < -0.3 is 4.98 Å². The third kappa shape index (κ3) is 2.62. The minimum Gasteiger partial charge on any atom is -0.353 e. The molecule has 0 saturated carbocycles. The summed E-state index contributed by atoms with van der Waals surface area (Å²) >= 11 is 0. The lowest BCUT2D eigenvalue weighted by Gasteiger charge is -2.01. The van der Waals surface area contributed by atoms with E-state index in [1.165, 1.54) is 0 Å². The zero-order chi connectivity index (χ0) is 19.9. The normalized spacial score (nSPS) is 11.3. The maximum atomic E-state index is 4.58. The standard InChI is InChI=1S/C22H14N8/c1-4-23-5-2-13(1)20-15-10-18(28-17(15)3-6-26-20)21-16-9-14(11-27-22(16)30-29-21)19-12-24-7-8-25-19/h1-12,28H,(H,27,29,30). The van der Waals surface area contributed by atoms with Crippen LogP contribution in [-0.4, -0.2) is 40.1 Å². The minimum atomic E-state index is 0.712. The summed E-state index contributed by atoms with van der Waals surface area (Å²) in [5.74, 6) is 0. The molecule has 2 N–H and O–H groups in total. The number of aromatic amines is 2. The van der Waals surface area contributed by atoms with Crippen molar-refractivity contribution in [3.05, 3.63) is 73.7 Å². The van der Waals surface area contributed by atoms with Gasteiger partial charge in [-0.2, -0.15) is 5.10 Å². The molecular formula is C22H14N8. The number of pyridine rings is 3. The average molecular weight is 390 g/mol. The number of hydrogen-bond donors (Lipinski definition) is 2. The molecule has 0 saturated heterocycles. The van der Waals surface area contributed by atoms with E-state index in [0.717, 1.165) is 50.2 Å². The second-order valence-corrected chi connectivity index (χ2v) is 6.82. The third-order valence-electron chi connectivity index (χ3n) is 5.03. The van der Waals surface area contributed by atoms with E-state index < -0.39 is 0 Å². The Balaban J connectivity index is 1.52. The predicted octanol–water partition coefficient (Wildman–Crippen LogP) is 4.02. The van der Waals surface area contributed by atoms with Gasteiger partial charge in [0.2, 0.25) is 0 Å². The van der Waals surface area contributed by atoms with Gasteiger partial charge in [-0.05, 0) is 30.3 Å². The van der Waals surface area contributed by atoms with E-state index in [1.54, 1.807) is 43.4 Å². The Bertz CT molecular complexity index is 1490. The monoisotopic (exact) mass is 390 g/mol. The van der Waals surface area contributed by atoms with E-state index in [4.69, 9.17) is 0 Å². The summed E-state index contributed by atoms with van der Waals surface area (Å²) < 4.78 is 0. The predicted molar refractivity (Wildman–Crippen MR) is 113 cm³/mol. The fraction of sp³-hybridized carbons (Fsp3) is 0. The Kier molecular flexibility index (Phi) is 3.60. The highest BCUT2D eigenvalue weighted by molar-refractivity contribution is 5.99. The molecule has 0 unspecified atom stereocenters. The number of H-pyrrole nitrogens is 2. The fourth-order valence-electron chi connectivity index (χ4n) is 3.62. The van der Waals surface area contributed by atoms with Crippen molar-refractivity contribution in [2.45, 2.75) is 0 Å². The van der Waals surface area contributed by atoms with Gasteiger partial charge in [-0.25, -0.2) is 4.98 Å². The minimum absolute atomic E-state index is 0.712. The fourth-order valence-corrected chi connectivity index (χ4v) is 3.62. The van der Waals surface area contributed by atoms with E-state index in [-0.39, 0.29) is 0 Å². The van der Waals surface area contributed by atoms with Gasteiger partial charge in [-0.3, -0.25) is 25.0 Å². The first-order valence-corrected chi connectivity index (χ1v) is 9.36. The Labute approximate surface area is 170 Å². The van der Waals surface area contributed by atoms with Crippen molar-refractivity contribution in [2.24, 2.45) is 0 Å². The molecule has 0 aliphatic carbocycles. The molecule has 0 spiro atoms. The molecule has 8 heteroatoms. The molecule has 0 aliphatic rings. The largest absolute Gasteiger partial charge is 0.353 e. The van der Waals surface area contributed by atoms with E-state index in [9.17, 15) is 0 Å². The van der Waals surface area contributed by atoms with Crippen molar-refractivity contribution >= 4 is 21.9 Å². The van der Waals surface area contributed by atoms with Crippen LogP contribution >= 0.6 is 0 Å². The second kappa shape index (κ2) is 6.56. The smallest absolute Gasteiger partial charge is 0.155 e. The maximum absolute atomic E-state index is 4.58. The molecule has 6 heterocycles. The molecule has 0 fully saturated rings. The van der Waals surface area contributed by atoms with Gasteiger partial charge >= 0.3 is 0 Å². The van der Waals surface area contributed by atoms with Crippen LogP contribution in [0.15, 0.2) is 73.7 Å². The van der Waals surface area contributed by atoms with E-state index in [2.05, 4.69) is 46.2 Å². The van der Waals surface area contributed by atoms with Crippen LogP contribution in [0.1, 0.15) is 0 Å². The molecule has 142 valence electrons. The highest BCUT2D eigenvalue weighted by Crippen LogP contribution is 2.33. The topological polar surface area (TPSA) is 109 Å². The van der Waals surface area contributed by atoms with Gasteiger partial charge in [-0.15, -0.1) is 0 Å². The molecule has 6 rings (SSSR count). The number of rotatable bonds is 3. The van der Waals surface area contributed by atoms with Crippen LogP contribution in [0.4, 0.5) is 0 Å². The van der Waals surface area contributed by atoms with E-state index in [1.807, 2.05) is 24.3 Å². The van der Waals surface area contributed by atoms with Crippen molar-refractivity contribution in [3.63, 3.8) is 0 Å². The van der Waals surface area contributed by atoms with Crippen LogP contribution in [0.5, 0.6) is 0 Å². The van der Waals surface area contributed by atoms with E-state index >= 15 is 0 Å². The third-order valence-corrected chi connectivity index (χ3v) is 5.03. The average Bonchev–Trinajstić information content (AvgIpc) is 3.43. The van der Waals surface area contributed by atoms with Crippen molar-refractivity contribution < 1.29 is 0 Å². The molecule has 6 aromatic rings. The highest BCUT2D eigenvalue weighted by Gasteiger charge is 2.15. The Hall–Kier alpha value is -4.46. The van der Waals surface area contributed by atoms with Crippen LogP contribution in [0, 0.1) is 0 Å². The summed E-state index contributed by atoms with van der Waals surface area (Å²) in [5.41, 5.74) is 6.94. The van der Waals surface area contributed by atoms with Crippen LogP contribution < -0.4 is 0 Å². The quantitative estimate of drug-likeness (QED) is 0.472. The summed E-state index contributed by atoms with van der Waals surface area (Å²) in [6, 6.07) is 9.97. The first kappa shape index (κ1) is 16.5. The zero-order valence-electron chi connectivity index (χ0n) is 15.6. The van der Waals surface area contributed by atoms with Crippen molar-refractivity contribution in [1.29, 1.82) is 0 Å². The number of nitrogens with zero attached hydrogens (tertiary/aromatic N) is 6. The Morgan fingerprint density at radius 3 is 2.47 bits per heavy atom. The number of fused-ring (bicyclic) bond motifs is 2. The molecule has 0 aromatic carbocycles. The molecule has 8 nitrogen and oxygen atoms in total. The van der Waals surface area contributed by atoms with Crippen LogP contribution in [0.2, 0.25) is 0 Å². The van der Waals surface area contributed by atoms with Crippen LogP contribution in [-0.2, 0) is 0 Å². The molecule has 0 radical (unpaired) electrons. The first-order chi connectivity index (χ1) is 14.9. The summed E-state index contributed by atoms with van der Waals surface area (Å²) in [4.78, 5) is 25.2. The molecule has 30 heavy (non-hydrogen) atoms. The molecule has 0 bridgehead atoms. The zero-order valence-corrected chi connectivity index (χ0v) is 15.6. The number of nitrogens with one attached hydrogen (secondary N) is 2. The molecule has 0 atom stereocenters. The summed E-state index contributed by atoms with van der Waals surface area (Å²) in [6.45, 7) is 0. The van der Waals surface area contributed by atoms with Gasteiger partial charge in [-0.1, -0.05) is 0 Å². The number of hydrogen-bond acceptors (Lipinski definition) is 6. The van der Waals surface area contributed by atoms with Crippen molar-refractivity contribution in [1.82, 2.24) is 40.1 Å². The lowest BCUT2D eigenvalue weighted by Crippen LogP contribution is -1.86. The van der Waals surface area contributed by atoms with Gasteiger partial charge in [0.25, 0.3) is 0 Å². The lowest BCUT2D eigenvalue weighted by molar-refractivity contribution is 1.10. The van der Waals surface area contributed by atoms with Gasteiger partial charge in [0.1, 0.15) is 5.69 Å². The molecular weight excluding hydrogens is 376 g/mol. The van der Waals surface area contributed by atoms with Crippen molar-refractivity contribution in [2.75, 3.05) is 0 Å². The van der Waals surface area contributed by atoms with Crippen molar-refractivity contribution in [3.8, 4) is 33.9 Å². The lowest BCUT2D eigenvalue weighted by atomic mass is 10.1. The van der Waals surface area contributed by atoms with Crippen LogP contribution in [0.25, 0.3) is 55.8 Å². The first-order valence-electron chi connectivity index (χ1n) is 9.36. The molecule has 6 aromatic heterocycles. The SMILES string of the molecule is c1cc(-c2nccc3[nH]c(-c4n[nH]c5ncc(-c6cnccn6)cc45)cc23)ccn1. The maximum Gasteiger partial charge on any atom is 0.155 e. The van der Waals surface area contributed by atoms with Crippen LogP contribution in [0.3, 0.4) is 0 Å². The Morgan fingerprint density at radius 1 is 0.667 bits per heavy atom. The Morgan fingerprint density at radius 2 is 1.60 bits per heavy atom. The number of aromatic nitrogens is 8. The van der Waals surface area contributed by atoms with Gasteiger partial charge in [0.15, 0.2) is 5.65 Å². The summed E-state index contributed by atoms with van der Waals surface area (Å²) in [5, 5.41) is 9.45.